The Morgan fingerprint density at radius 2 is 2.00 bits per heavy atom. The first-order valence-corrected chi connectivity index (χ1v) is 6.74. The average Bonchev–Trinajstić information content (AvgIpc) is 2.63. The highest BCUT2D eigenvalue weighted by atomic mass is 16.3. The van der Waals surface area contributed by atoms with Crippen molar-refractivity contribution in [2.24, 2.45) is 5.73 Å². The third-order valence-electron chi connectivity index (χ3n) is 3.80. The van der Waals surface area contributed by atoms with E-state index in [1.54, 1.807) is 0 Å². The van der Waals surface area contributed by atoms with Crippen LogP contribution in [-0.2, 0) is 0 Å². The van der Waals surface area contributed by atoms with Crippen LogP contribution in [0.3, 0.4) is 0 Å². The number of aryl methyl sites for hydroxylation is 1. The lowest BCUT2D eigenvalue weighted by atomic mass is 9.95. The van der Waals surface area contributed by atoms with Gasteiger partial charge < -0.3 is 10.2 Å². The molecule has 1 aliphatic carbocycles. The average molecular weight is 245 g/mol. The normalized spacial score (nSPS) is 25.2. The summed E-state index contributed by atoms with van der Waals surface area (Å²) in [6.07, 6.45) is 5.84. The summed E-state index contributed by atoms with van der Waals surface area (Å²) in [5.41, 5.74) is 8.69. The molecule has 4 heteroatoms. The molecule has 0 aromatic carbocycles. The molecular formula is C14H19N3O. The van der Waals surface area contributed by atoms with Gasteiger partial charge in [0, 0.05) is 11.7 Å². The van der Waals surface area contributed by atoms with E-state index in [0.29, 0.717) is 5.65 Å². The van der Waals surface area contributed by atoms with Crippen LogP contribution >= 0.6 is 0 Å². The topological polar surface area (TPSA) is 64.9 Å². The second-order valence-corrected chi connectivity index (χ2v) is 5.23. The lowest BCUT2D eigenvalue weighted by Crippen LogP contribution is -2.27. The van der Waals surface area contributed by atoms with Crippen LogP contribution in [-0.4, -0.2) is 16.0 Å². The fourth-order valence-corrected chi connectivity index (χ4v) is 2.73. The minimum atomic E-state index is 0.168. The lowest BCUT2D eigenvalue weighted by Gasteiger charge is -2.17. The smallest absolute Gasteiger partial charge is 0.201 e. The number of nitrogens with two attached hydrogens (primary N) is 1. The fourth-order valence-electron chi connectivity index (χ4n) is 2.73. The van der Waals surface area contributed by atoms with E-state index in [2.05, 4.69) is 9.97 Å². The summed E-state index contributed by atoms with van der Waals surface area (Å²) < 4.78 is 5.83. The predicted molar refractivity (Wildman–Crippen MR) is 70.3 cm³/mol. The van der Waals surface area contributed by atoms with Gasteiger partial charge in [-0.05, 0) is 31.9 Å². The highest BCUT2D eigenvalue weighted by Crippen LogP contribution is 2.31. The first-order chi connectivity index (χ1) is 8.74. The maximum Gasteiger partial charge on any atom is 0.201 e. The van der Waals surface area contributed by atoms with Crippen molar-refractivity contribution >= 4 is 11.2 Å². The molecule has 96 valence electrons. The van der Waals surface area contributed by atoms with E-state index in [0.717, 1.165) is 30.0 Å². The molecule has 3 rings (SSSR count). The molecule has 1 aliphatic rings. The fraction of sp³-hybridized carbons (Fsp3) is 0.571. The number of oxazole rings is 1. The van der Waals surface area contributed by atoms with Crippen LogP contribution in [0.5, 0.6) is 0 Å². The van der Waals surface area contributed by atoms with E-state index in [9.17, 15) is 0 Å². The van der Waals surface area contributed by atoms with Crippen molar-refractivity contribution in [1.82, 2.24) is 9.97 Å². The summed E-state index contributed by atoms with van der Waals surface area (Å²) in [7, 11) is 0. The van der Waals surface area contributed by atoms with Crippen LogP contribution < -0.4 is 5.73 Å². The summed E-state index contributed by atoms with van der Waals surface area (Å²) in [5.74, 6) is 1.03. The number of hydrogen-bond acceptors (Lipinski definition) is 4. The van der Waals surface area contributed by atoms with E-state index in [1.807, 2.05) is 19.1 Å². The van der Waals surface area contributed by atoms with Gasteiger partial charge >= 0.3 is 0 Å². The maximum atomic E-state index is 6.24. The van der Waals surface area contributed by atoms with Gasteiger partial charge in [-0.1, -0.05) is 19.3 Å². The van der Waals surface area contributed by atoms with Crippen molar-refractivity contribution in [3.05, 3.63) is 23.7 Å². The summed E-state index contributed by atoms with van der Waals surface area (Å²) in [6.45, 7) is 1.96. The molecular weight excluding hydrogens is 226 g/mol. The Morgan fingerprint density at radius 1 is 1.17 bits per heavy atom. The molecule has 1 fully saturated rings. The molecule has 0 bridgehead atoms. The van der Waals surface area contributed by atoms with Crippen LogP contribution in [0, 0.1) is 6.92 Å². The van der Waals surface area contributed by atoms with E-state index >= 15 is 0 Å². The van der Waals surface area contributed by atoms with Gasteiger partial charge in [-0.25, -0.2) is 4.98 Å². The largest absolute Gasteiger partial charge is 0.439 e. The highest BCUT2D eigenvalue weighted by Gasteiger charge is 2.26. The number of hydrogen-bond donors (Lipinski definition) is 1. The lowest BCUT2D eigenvalue weighted by molar-refractivity contribution is 0.402. The van der Waals surface area contributed by atoms with Crippen molar-refractivity contribution in [2.45, 2.75) is 51.0 Å². The summed E-state index contributed by atoms with van der Waals surface area (Å²) >= 11 is 0. The molecule has 0 amide bonds. The van der Waals surface area contributed by atoms with Crippen LogP contribution in [0.15, 0.2) is 16.5 Å². The van der Waals surface area contributed by atoms with Crippen LogP contribution in [0.25, 0.3) is 11.2 Å². The van der Waals surface area contributed by atoms with Gasteiger partial charge in [-0.2, -0.15) is 4.98 Å². The zero-order valence-electron chi connectivity index (χ0n) is 10.7. The Balaban J connectivity index is 1.97. The third-order valence-corrected chi connectivity index (χ3v) is 3.80. The number of rotatable bonds is 1. The quantitative estimate of drug-likeness (QED) is 0.784. The van der Waals surface area contributed by atoms with Gasteiger partial charge in [-0.3, -0.25) is 0 Å². The number of fused-ring (bicyclic) bond motifs is 1. The van der Waals surface area contributed by atoms with Crippen molar-refractivity contribution < 1.29 is 4.42 Å². The van der Waals surface area contributed by atoms with Crippen molar-refractivity contribution in [2.75, 3.05) is 0 Å². The van der Waals surface area contributed by atoms with Crippen molar-refractivity contribution in [3.63, 3.8) is 0 Å². The van der Waals surface area contributed by atoms with E-state index in [4.69, 9.17) is 10.2 Å². The zero-order chi connectivity index (χ0) is 12.5. The highest BCUT2D eigenvalue weighted by molar-refractivity contribution is 5.67. The molecule has 0 aliphatic heterocycles. The Hall–Kier alpha value is -1.42. The van der Waals surface area contributed by atoms with Crippen molar-refractivity contribution in [1.29, 1.82) is 0 Å². The monoisotopic (exact) mass is 245 g/mol. The third kappa shape index (κ3) is 2.12. The zero-order valence-corrected chi connectivity index (χ0v) is 10.7. The second-order valence-electron chi connectivity index (χ2n) is 5.23. The Labute approximate surface area is 107 Å². The minimum Gasteiger partial charge on any atom is -0.439 e. The molecule has 2 heterocycles. The van der Waals surface area contributed by atoms with Gasteiger partial charge in [0.05, 0.1) is 5.92 Å². The number of nitrogens with zero attached hydrogens (tertiary/aromatic N) is 2. The molecule has 2 atom stereocenters. The number of pyridine rings is 1. The molecule has 1 saturated carbocycles. The Morgan fingerprint density at radius 3 is 2.89 bits per heavy atom. The summed E-state index contributed by atoms with van der Waals surface area (Å²) in [5, 5.41) is 0. The van der Waals surface area contributed by atoms with Gasteiger partial charge in [0.25, 0.3) is 0 Å². The van der Waals surface area contributed by atoms with Crippen LogP contribution in [0.2, 0.25) is 0 Å². The maximum absolute atomic E-state index is 6.24. The van der Waals surface area contributed by atoms with Gasteiger partial charge in [-0.15, -0.1) is 0 Å². The summed E-state index contributed by atoms with van der Waals surface area (Å²) in [6, 6.07) is 4.06. The van der Waals surface area contributed by atoms with E-state index in [-0.39, 0.29) is 12.0 Å². The van der Waals surface area contributed by atoms with Crippen LogP contribution in [0.1, 0.15) is 49.6 Å². The number of aromatic nitrogens is 2. The molecule has 2 aromatic heterocycles. The molecule has 0 radical (unpaired) electrons. The molecule has 2 aromatic rings. The summed E-state index contributed by atoms with van der Waals surface area (Å²) in [4.78, 5) is 8.93. The van der Waals surface area contributed by atoms with E-state index in [1.165, 1.54) is 19.3 Å². The minimum absolute atomic E-state index is 0.168. The van der Waals surface area contributed by atoms with Gasteiger partial charge in [0.1, 0.15) is 0 Å². The molecule has 2 unspecified atom stereocenters. The van der Waals surface area contributed by atoms with Gasteiger partial charge in [0.15, 0.2) is 11.2 Å². The first kappa shape index (κ1) is 11.7. The molecule has 2 N–H and O–H groups in total. The van der Waals surface area contributed by atoms with Crippen LogP contribution in [0.4, 0.5) is 0 Å². The Kier molecular flexibility index (Phi) is 3.04. The SMILES string of the molecule is Cc1ccc2oc(C3CCCCCC3N)nc2n1. The molecule has 0 spiro atoms. The second kappa shape index (κ2) is 4.69. The van der Waals surface area contributed by atoms with Crippen molar-refractivity contribution in [3.8, 4) is 0 Å². The Bertz CT molecular complexity index is 549. The predicted octanol–water partition coefficient (Wildman–Crippen LogP) is 2.91. The molecule has 18 heavy (non-hydrogen) atoms. The molecule has 4 nitrogen and oxygen atoms in total. The van der Waals surface area contributed by atoms with E-state index < -0.39 is 0 Å². The standard InChI is InChI=1S/C14H19N3O/c1-9-7-8-12-13(16-9)17-14(18-12)10-5-3-2-4-6-11(10)15/h7-8,10-11H,2-6,15H2,1H3. The molecule has 0 saturated heterocycles. The van der Waals surface area contributed by atoms with Gasteiger partial charge in [0.2, 0.25) is 5.89 Å². The first-order valence-electron chi connectivity index (χ1n) is 6.74.